The van der Waals surface area contributed by atoms with Gasteiger partial charge in [-0.1, -0.05) is 35.9 Å². The van der Waals surface area contributed by atoms with Crippen molar-refractivity contribution in [2.45, 2.75) is 26.3 Å². The third-order valence-electron chi connectivity index (χ3n) is 6.53. The molecule has 1 aromatic heterocycles. The number of amides is 1. The highest BCUT2D eigenvalue weighted by Crippen LogP contribution is 2.39. The van der Waals surface area contributed by atoms with Crippen LogP contribution in [-0.2, 0) is 6.42 Å². The number of halogens is 1. The second kappa shape index (κ2) is 9.70. The van der Waals surface area contributed by atoms with Gasteiger partial charge in [-0.15, -0.1) is 0 Å². The van der Waals surface area contributed by atoms with Gasteiger partial charge in [0.1, 0.15) is 17.1 Å². The predicted octanol–water partition coefficient (Wildman–Crippen LogP) is 5.95. The minimum atomic E-state index is -0.605. The summed E-state index contributed by atoms with van der Waals surface area (Å²) in [6, 6.07) is 18.0. The standard InChI is InChI=1S/C29H26ClNO5/c1-4-35-21-7-5-6-19(15-21)26-25-27(32)22-16-23(30)17(2)14-24(22)36-28(25)29(33)31(26)13-12-18-8-10-20(34-3)11-9-18/h5-11,14-16,26H,4,12-13H2,1-3H3. The van der Waals surface area contributed by atoms with Crippen LogP contribution in [0.15, 0.2) is 69.9 Å². The first-order valence-corrected chi connectivity index (χ1v) is 12.2. The highest BCUT2D eigenvalue weighted by atomic mass is 35.5. The summed E-state index contributed by atoms with van der Waals surface area (Å²) >= 11 is 6.33. The van der Waals surface area contributed by atoms with Crippen LogP contribution in [0.2, 0.25) is 5.02 Å². The van der Waals surface area contributed by atoms with Crippen molar-refractivity contribution in [1.82, 2.24) is 4.90 Å². The van der Waals surface area contributed by atoms with E-state index in [0.29, 0.717) is 46.9 Å². The number of fused-ring (bicyclic) bond motifs is 2. The molecule has 0 saturated heterocycles. The number of carbonyl (C=O) groups excluding carboxylic acids is 1. The fourth-order valence-corrected chi connectivity index (χ4v) is 4.86. The van der Waals surface area contributed by atoms with Gasteiger partial charge < -0.3 is 18.8 Å². The molecule has 6 nitrogen and oxygen atoms in total. The Morgan fingerprint density at radius 3 is 2.53 bits per heavy atom. The number of aryl methyl sites for hydroxylation is 1. The first-order valence-electron chi connectivity index (χ1n) is 11.8. The Kier molecular flexibility index (Phi) is 6.46. The molecule has 5 rings (SSSR count). The van der Waals surface area contributed by atoms with Gasteiger partial charge in [0.05, 0.1) is 30.7 Å². The Labute approximate surface area is 214 Å². The molecule has 1 aliphatic heterocycles. The molecule has 0 fully saturated rings. The molecule has 1 aliphatic rings. The van der Waals surface area contributed by atoms with Crippen molar-refractivity contribution in [3.05, 3.63) is 104 Å². The molecule has 184 valence electrons. The van der Waals surface area contributed by atoms with Crippen LogP contribution < -0.4 is 14.9 Å². The Morgan fingerprint density at radius 1 is 1.03 bits per heavy atom. The smallest absolute Gasteiger partial charge is 0.290 e. The fraction of sp³-hybridized carbons (Fsp3) is 0.241. The molecule has 0 bridgehead atoms. The van der Waals surface area contributed by atoms with Gasteiger partial charge in [-0.25, -0.2) is 0 Å². The van der Waals surface area contributed by atoms with Crippen molar-refractivity contribution >= 4 is 28.5 Å². The van der Waals surface area contributed by atoms with Gasteiger partial charge >= 0.3 is 0 Å². The molecule has 1 amide bonds. The molecule has 7 heteroatoms. The highest BCUT2D eigenvalue weighted by molar-refractivity contribution is 6.32. The lowest BCUT2D eigenvalue weighted by Gasteiger charge is -2.25. The summed E-state index contributed by atoms with van der Waals surface area (Å²) in [6.07, 6.45) is 0.601. The Balaban J connectivity index is 1.62. The number of rotatable bonds is 7. The zero-order valence-corrected chi connectivity index (χ0v) is 21.1. The van der Waals surface area contributed by atoms with Crippen molar-refractivity contribution in [3.8, 4) is 11.5 Å². The van der Waals surface area contributed by atoms with Gasteiger partial charge in [0, 0.05) is 11.6 Å². The largest absolute Gasteiger partial charge is 0.497 e. The van der Waals surface area contributed by atoms with Crippen LogP contribution in [-0.4, -0.2) is 31.1 Å². The lowest BCUT2D eigenvalue weighted by atomic mass is 9.97. The third kappa shape index (κ3) is 4.22. The maximum Gasteiger partial charge on any atom is 0.290 e. The number of hydrogen-bond acceptors (Lipinski definition) is 5. The molecule has 2 heterocycles. The van der Waals surface area contributed by atoms with E-state index in [9.17, 15) is 9.59 Å². The molecule has 4 aromatic rings. The second-order valence-electron chi connectivity index (χ2n) is 8.78. The first-order chi connectivity index (χ1) is 17.4. The van der Waals surface area contributed by atoms with E-state index >= 15 is 0 Å². The Hall–Kier alpha value is -3.77. The Morgan fingerprint density at radius 2 is 1.81 bits per heavy atom. The molecular weight excluding hydrogens is 478 g/mol. The average molecular weight is 504 g/mol. The van der Waals surface area contributed by atoms with Crippen molar-refractivity contribution in [1.29, 1.82) is 0 Å². The zero-order valence-electron chi connectivity index (χ0n) is 20.3. The third-order valence-corrected chi connectivity index (χ3v) is 6.94. The van der Waals surface area contributed by atoms with Gasteiger partial charge in [-0.2, -0.15) is 0 Å². The molecule has 0 spiro atoms. The summed E-state index contributed by atoms with van der Waals surface area (Å²) in [5, 5.41) is 0.838. The van der Waals surface area contributed by atoms with Crippen LogP contribution in [0.5, 0.6) is 11.5 Å². The van der Waals surface area contributed by atoms with E-state index in [0.717, 1.165) is 22.4 Å². The van der Waals surface area contributed by atoms with Crippen molar-refractivity contribution in [2.24, 2.45) is 0 Å². The Bertz CT molecular complexity index is 1510. The highest BCUT2D eigenvalue weighted by Gasteiger charge is 2.42. The van der Waals surface area contributed by atoms with Crippen molar-refractivity contribution < 1.29 is 18.7 Å². The predicted molar refractivity (Wildman–Crippen MR) is 139 cm³/mol. The number of ether oxygens (including phenoxy) is 2. The first kappa shape index (κ1) is 23.9. The lowest BCUT2D eigenvalue weighted by molar-refractivity contribution is 0.0729. The van der Waals surface area contributed by atoms with Crippen LogP contribution in [0.4, 0.5) is 0 Å². The maximum absolute atomic E-state index is 13.8. The maximum atomic E-state index is 13.8. The van der Waals surface area contributed by atoms with E-state index in [1.807, 2.05) is 62.4 Å². The van der Waals surface area contributed by atoms with Crippen LogP contribution in [0.1, 0.15) is 45.8 Å². The van der Waals surface area contributed by atoms with Gasteiger partial charge in [0.15, 0.2) is 5.43 Å². The summed E-state index contributed by atoms with van der Waals surface area (Å²) in [4.78, 5) is 29.2. The summed E-state index contributed by atoms with van der Waals surface area (Å²) in [5.74, 6) is 1.21. The fourth-order valence-electron chi connectivity index (χ4n) is 4.70. The number of hydrogen-bond donors (Lipinski definition) is 0. The summed E-state index contributed by atoms with van der Waals surface area (Å²) < 4.78 is 17.0. The number of carbonyl (C=O) groups is 1. The molecule has 3 aromatic carbocycles. The van der Waals surface area contributed by atoms with Crippen LogP contribution in [0.3, 0.4) is 0 Å². The molecule has 0 N–H and O–H groups in total. The van der Waals surface area contributed by atoms with Gasteiger partial charge in [0.25, 0.3) is 5.91 Å². The zero-order chi connectivity index (χ0) is 25.4. The topological polar surface area (TPSA) is 69.0 Å². The molecule has 0 saturated carbocycles. The van der Waals surface area contributed by atoms with E-state index in [1.54, 1.807) is 24.1 Å². The number of nitrogens with zero attached hydrogens (tertiary/aromatic N) is 1. The number of methoxy groups -OCH3 is 1. The van der Waals surface area contributed by atoms with E-state index in [-0.39, 0.29) is 17.1 Å². The van der Waals surface area contributed by atoms with Crippen molar-refractivity contribution in [3.63, 3.8) is 0 Å². The summed E-state index contributed by atoms with van der Waals surface area (Å²) in [7, 11) is 1.62. The monoisotopic (exact) mass is 503 g/mol. The molecule has 36 heavy (non-hydrogen) atoms. The summed E-state index contributed by atoms with van der Waals surface area (Å²) in [5.41, 5.74) is 3.04. The van der Waals surface area contributed by atoms with Gasteiger partial charge in [-0.05, 0) is 73.4 Å². The van der Waals surface area contributed by atoms with E-state index < -0.39 is 6.04 Å². The second-order valence-corrected chi connectivity index (χ2v) is 9.18. The molecular formula is C29H26ClNO5. The van der Waals surface area contributed by atoms with Crippen LogP contribution in [0.25, 0.3) is 11.0 Å². The van der Waals surface area contributed by atoms with E-state index in [2.05, 4.69) is 0 Å². The molecule has 1 unspecified atom stereocenters. The summed E-state index contributed by atoms with van der Waals surface area (Å²) in [6.45, 7) is 4.65. The minimum absolute atomic E-state index is 0.0794. The molecule has 1 atom stereocenters. The number of benzene rings is 3. The van der Waals surface area contributed by atoms with Crippen LogP contribution in [0, 0.1) is 6.92 Å². The van der Waals surface area contributed by atoms with Crippen LogP contribution >= 0.6 is 11.6 Å². The quantitative estimate of drug-likeness (QED) is 0.312. The normalized spacial score (nSPS) is 14.8. The van der Waals surface area contributed by atoms with Crippen molar-refractivity contribution in [2.75, 3.05) is 20.3 Å². The average Bonchev–Trinajstić information content (AvgIpc) is 3.16. The van der Waals surface area contributed by atoms with E-state index in [1.165, 1.54) is 0 Å². The van der Waals surface area contributed by atoms with Gasteiger partial charge in [-0.3, -0.25) is 9.59 Å². The minimum Gasteiger partial charge on any atom is -0.497 e. The lowest BCUT2D eigenvalue weighted by Crippen LogP contribution is -2.31. The van der Waals surface area contributed by atoms with Gasteiger partial charge in [0.2, 0.25) is 5.76 Å². The molecule has 0 aliphatic carbocycles. The molecule has 0 radical (unpaired) electrons. The van der Waals surface area contributed by atoms with E-state index in [4.69, 9.17) is 25.5 Å². The SMILES string of the molecule is CCOc1cccc(C2c3c(oc4cc(C)c(Cl)cc4c3=O)C(=O)N2CCc2ccc(OC)cc2)c1.